The molecule has 3 nitrogen and oxygen atoms in total. The summed E-state index contributed by atoms with van der Waals surface area (Å²) in [6.07, 6.45) is 7.61. The first kappa shape index (κ1) is 18.6. The van der Waals surface area contributed by atoms with Crippen LogP contribution in [0.5, 0.6) is 0 Å². The lowest BCUT2D eigenvalue weighted by Crippen LogP contribution is -2.51. The minimum absolute atomic E-state index is 0.209. The predicted molar refractivity (Wildman–Crippen MR) is 117 cm³/mol. The molecule has 1 amide bonds. The van der Waals surface area contributed by atoms with E-state index in [1.54, 1.807) is 0 Å². The van der Waals surface area contributed by atoms with Crippen LogP contribution >= 0.6 is 0 Å². The van der Waals surface area contributed by atoms with Crippen LogP contribution in [0.25, 0.3) is 0 Å². The number of rotatable bonds is 5. The molecule has 3 aliphatic rings. The number of amides is 1. The van der Waals surface area contributed by atoms with Gasteiger partial charge in [0.15, 0.2) is 0 Å². The lowest BCUT2D eigenvalue weighted by Gasteiger charge is -2.38. The van der Waals surface area contributed by atoms with Gasteiger partial charge in [-0.3, -0.25) is 9.69 Å². The average Bonchev–Trinajstić information content (AvgIpc) is 3.39. The molecule has 0 aromatic heterocycles. The van der Waals surface area contributed by atoms with Crippen LogP contribution in [0, 0.1) is 17.8 Å². The number of hydrogen-bond donors (Lipinski definition) is 0. The van der Waals surface area contributed by atoms with Crippen LogP contribution in [0.4, 0.5) is 0 Å². The van der Waals surface area contributed by atoms with Crippen LogP contribution in [0.3, 0.4) is 0 Å². The zero-order valence-corrected chi connectivity index (χ0v) is 17.0. The first-order valence-electron chi connectivity index (χ1n) is 11.1. The Morgan fingerprint density at radius 3 is 1.97 bits per heavy atom. The maximum atomic E-state index is 13.6. The van der Waals surface area contributed by atoms with Crippen LogP contribution in [0.2, 0.25) is 0 Å². The van der Waals surface area contributed by atoms with E-state index in [-0.39, 0.29) is 11.8 Å². The van der Waals surface area contributed by atoms with Crippen molar-refractivity contribution in [2.45, 2.75) is 18.8 Å². The van der Waals surface area contributed by atoms with E-state index in [1.807, 2.05) is 36.4 Å². The van der Waals surface area contributed by atoms with E-state index in [9.17, 15) is 4.79 Å². The van der Waals surface area contributed by atoms with E-state index in [0.29, 0.717) is 0 Å². The number of fused-ring (bicyclic) bond motifs is 2. The molecule has 2 aromatic rings. The van der Waals surface area contributed by atoms with Gasteiger partial charge in [-0.05, 0) is 41.7 Å². The smallest absolute Gasteiger partial charge is 0.234 e. The van der Waals surface area contributed by atoms with Crippen molar-refractivity contribution in [2.24, 2.45) is 17.8 Å². The lowest BCUT2D eigenvalue weighted by molar-refractivity contribution is -0.133. The Morgan fingerprint density at radius 1 is 0.828 bits per heavy atom. The molecule has 150 valence electrons. The molecule has 2 fully saturated rings. The summed E-state index contributed by atoms with van der Waals surface area (Å²) in [5, 5.41) is 0. The fourth-order valence-electron chi connectivity index (χ4n) is 5.54. The van der Waals surface area contributed by atoms with Gasteiger partial charge in [0.05, 0.1) is 5.92 Å². The Balaban J connectivity index is 1.25. The second-order valence-electron chi connectivity index (χ2n) is 8.92. The molecule has 5 rings (SSSR count). The summed E-state index contributed by atoms with van der Waals surface area (Å²) >= 11 is 0. The maximum Gasteiger partial charge on any atom is 0.234 e. The van der Waals surface area contributed by atoms with Gasteiger partial charge in [0.2, 0.25) is 5.91 Å². The predicted octanol–water partition coefficient (Wildman–Crippen LogP) is 4.17. The topological polar surface area (TPSA) is 23.6 Å². The Hall–Kier alpha value is -2.39. The summed E-state index contributed by atoms with van der Waals surface area (Å²) in [6.45, 7) is 4.88. The number of piperazine rings is 1. The van der Waals surface area contributed by atoms with E-state index in [1.165, 1.54) is 19.4 Å². The summed E-state index contributed by atoms with van der Waals surface area (Å²) in [4.78, 5) is 18.2. The lowest BCUT2D eigenvalue weighted by atomic mass is 9.89. The molecule has 2 aliphatic carbocycles. The van der Waals surface area contributed by atoms with Crippen molar-refractivity contribution in [2.75, 3.05) is 32.7 Å². The van der Waals surface area contributed by atoms with Gasteiger partial charge in [-0.15, -0.1) is 0 Å². The number of nitrogens with zero attached hydrogens (tertiary/aromatic N) is 2. The van der Waals surface area contributed by atoms with Crippen molar-refractivity contribution in [1.82, 2.24) is 9.80 Å². The highest BCUT2D eigenvalue weighted by Gasteiger charge is 2.37. The second-order valence-corrected chi connectivity index (χ2v) is 8.92. The van der Waals surface area contributed by atoms with Gasteiger partial charge >= 0.3 is 0 Å². The molecule has 2 aromatic carbocycles. The van der Waals surface area contributed by atoms with Gasteiger partial charge < -0.3 is 4.90 Å². The van der Waals surface area contributed by atoms with Gasteiger partial charge in [-0.25, -0.2) is 0 Å². The molecule has 0 unspecified atom stereocenters. The third-order valence-corrected chi connectivity index (χ3v) is 7.11. The number of carbonyl (C=O) groups is 1. The van der Waals surface area contributed by atoms with Crippen molar-refractivity contribution in [1.29, 1.82) is 0 Å². The Kier molecular flexibility index (Phi) is 5.24. The minimum Gasteiger partial charge on any atom is -0.339 e. The monoisotopic (exact) mass is 386 g/mol. The summed E-state index contributed by atoms with van der Waals surface area (Å²) in [7, 11) is 0. The second kappa shape index (κ2) is 8.16. The molecule has 3 heteroatoms. The van der Waals surface area contributed by atoms with E-state index in [2.05, 4.69) is 46.2 Å². The van der Waals surface area contributed by atoms with E-state index in [0.717, 1.165) is 55.1 Å². The highest BCUT2D eigenvalue weighted by molar-refractivity contribution is 5.87. The number of carbonyl (C=O) groups excluding carboxylic acids is 1. The fourth-order valence-corrected chi connectivity index (χ4v) is 5.54. The number of benzene rings is 2. The van der Waals surface area contributed by atoms with E-state index < -0.39 is 0 Å². The summed E-state index contributed by atoms with van der Waals surface area (Å²) in [5.41, 5.74) is 2.17. The van der Waals surface area contributed by atoms with Gasteiger partial charge in [0, 0.05) is 32.7 Å². The van der Waals surface area contributed by atoms with Crippen molar-refractivity contribution in [3.8, 4) is 0 Å². The minimum atomic E-state index is -0.209. The molecular weight excluding hydrogens is 356 g/mol. The van der Waals surface area contributed by atoms with Crippen LogP contribution in [0.1, 0.15) is 29.9 Å². The van der Waals surface area contributed by atoms with Crippen molar-refractivity contribution in [3.05, 3.63) is 83.9 Å². The molecule has 3 atom stereocenters. The maximum absolute atomic E-state index is 13.6. The molecular formula is C26H30N2O. The number of allylic oxidation sites excluding steroid dienone is 2. The normalized spacial score (nSPS) is 26.4. The van der Waals surface area contributed by atoms with E-state index in [4.69, 9.17) is 0 Å². The first-order chi connectivity index (χ1) is 14.3. The van der Waals surface area contributed by atoms with Crippen molar-refractivity contribution < 1.29 is 4.79 Å². The van der Waals surface area contributed by atoms with Crippen LogP contribution in [-0.4, -0.2) is 48.4 Å². The Labute approximate surface area is 174 Å². The fraction of sp³-hybridized carbons (Fsp3) is 0.423. The summed E-state index contributed by atoms with van der Waals surface area (Å²) < 4.78 is 0. The Bertz CT molecular complexity index is 815. The molecule has 0 N–H and O–H groups in total. The average molecular weight is 387 g/mol. The highest BCUT2D eigenvalue weighted by Crippen LogP contribution is 2.43. The summed E-state index contributed by atoms with van der Waals surface area (Å²) in [6, 6.07) is 20.5. The molecule has 29 heavy (non-hydrogen) atoms. The molecule has 1 heterocycles. The van der Waals surface area contributed by atoms with Crippen molar-refractivity contribution in [3.63, 3.8) is 0 Å². The standard InChI is InChI=1S/C26H30N2O/c29-26(25(21-7-3-1-4-8-21)22-9-5-2-6-10-22)28-15-13-27(14-16-28)19-24-18-20-11-12-23(24)17-20/h1-12,20,23-25H,13-19H2/t20-,23+,24+/m1/s1. The third kappa shape index (κ3) is 3.89. The molecule has 0 spiro atoms. The van der Waals surface area contributed by atoms with Gasteiger partial charge in [-0.2, -0.15) is 0 Å². The van der Waals surface area contributed by atoms with Gasteiger partial charge in [-0.1, -0.05) is 72.8 Å². The highest BCUT2D eigenvalue weighted by atomic mass is 16.2. The largest absolute Gasteiger partial charge is 0.339 e. The molecule has 1 saturated heterocycles. The zero-order valence-electron chi connectivity index (χ0n) is 17.0. The van der Waals surface area contributed by atoms with E-state index >= 15 is 0 Å². The van der Waals surface area contributed by atoms with Gasteiger partial charge in [0.1, 0.15) is 0 Å². The summed E-state index contributed by atoms with van der Waals surface area (Å²) in [5.74, 6) is 2.50. The zero-order chi connectivity index (χ0) is 19.6. The van der Waals surface area contributed by atoms with Crippen LogP contribution in [-0.2, 0) is 4.79 Å². The molecule has 2 bridgehead atoms. The molecule has 1 saturated carbocycles. The number of hydrogen-bond acceptors (Lipinski definition) is 2. The first-order valence-corrected chi connectivity index (χ1v) is 11.1. The molecule has 0 radical (unpaired) electrons. The van der Waals surface area contributed by atoms with Crippen molar-refractivity contribution >= 4 is 5.91 Å². The molecule has 1 aliphatic heterocycles. The van der Waals surface area contributed by atoms with Crippen LogP contribution in [0.15, 0.2) is 72.8 Å². The van der Waals surface area contributed by atoms with Gasteiger partial charge in [0.25, 0.3) is 0 Å². The third-order valence-electron chi connectivity index (χ3n) is 7.11. The SMILES string of the molecule is O=C(C(c1ccccc1)c1ccccc1)N1CCN(C[C@@H]2C[C@@H]3C=C[C@H]2C3)CC1. The van der Waals surface area contributed by atoms with Crippen LogP contribution < -0.4 is 0 Å². The Morgan fingerprint density at radius 2 is 1.45 bits per heavy atom. The quantitative estimate of drug-likeness (QED) is 0.720.